The van der Waals surface area contributed by atoms with Gasteiger partial charge in [0.2, 0.25) is 10.0 Å². The lowest BCUT2D eigenvalue weighted by Gasteiger charge is -2.35. The van der Waals surface area contributed by atoms with E-state index in [1.54, 1.807) is 6.07 Å². The Hall–Kier alpha value is -1.61. The van der Waals surface area contributed by atoms with Crippen molar-refractivity contribution in [3.8, 4) is 0 Å². The molecule has 0 amide bonds. The molecule has 0 radical (unpaired) electrons. The molecule has 9 heteroatoms. The molecule has 1 N–H and O–H groups in total. The zero-order valence-electron chi connectivity index (χ0n) is 18.1. The number of unbranched alkanes of at least 4 members (excludes halogenated alkanes) is 3. The largest absolute Gasteiger partial charge is 0.364 e. The molecule has 2 rings (SSSR count). The number of hydrogen-bond donors (Lipinski definition) is 1. The van der Waals surface area contributed by atoms with Gasteiger partial charge in [-0.15, -0.1) is 0 Å². The summed E-state index contributed by atoms with van der Waals surface area (Å²) in [7, 11) is -3.38. The number of guanidine groups is 1. The molecule has 166 valence electrons. The maximum Gasteiger partial charge on any atom is 0.220 e. The summed E-state index contributed by atoms with van der Waals surface area (Å²) in [6.45, 7) is 10.4. The van der Waals surface area contributed by atoms with E-state index in [0.29, 0.717) is 31.9 Å². The van der Waals surface area contributed by atoms with E-state index in [4.69, 9.17) is 9.52 Å². The Morgan fingerprint density at radius 1 is 1.21 bits per heavy atom. The van der Waals surface area contributed by atoms with Crippen LogP contribution in [0.25, 0.3) is 0 Å². The lowest BCUT2D eigenvalue weighted by atomic mass is 10.0. The quantitative estimate of drug-likeness (QED) is 0.332. The second-order valence-electron chi connectivity index (χ2n) is 7.97. The zero-order valence-corrected chi connectivity index (χ0v) is 19.0. The Morgan fingerprint density at radius 2 is 1.93 bits per heavy atom. The Bertz CT molecular complexity index is 696. The molecule has 2 heterocycles. The van der Waals surface area contributed by atoms with E-state index in [9.17, 15) is 8.42 Å². The van der Waals surface area contributed by atoms with Crippen molar-refractivity contribution in [2.24, 2.45) is 10.9 Å². The van der Waals surface area contributed by atoms with Gasteiger partial charge >= 0.3 is 0 Å². The van der Waals surface area contributed by atoms with Crippen molar-refractivity contribution < 1.29 is 12.9 Å². The van der Waals surface area contributed by atoms with E-state index in [1.165, 1.54) is 36.3 Å². The number of rotatable bonds is 11. The molecule has 0 atom stereocenters. The highest BCUT2D eigenvalue weighted by atomic mass is 32.2. The molecular formula is C20H37N5O3S. The van der Waals surface area contributed by atoms with Gasteiger partial charge in [0, 0.05) is 45.3 Å². The fourth-order valence-corrected chi connectivity index (χ4v) is 4.82. The average Bonchev–Trinajstić information content (AvgIpc) is 3.18. The van der Waals surface area contributed by atoms with Gasteiger partial charge in [-0.1, -0.05) is 44.7 Å². The molecule has 29 heavy (non-hydrogen) atoms. The summed E-state index contributed by atoms with van der Waals surface area (Å²) in [5.74, 6) is 1.56. The first-order chi connectivity index (χ1) is 13.9. The third-order valence-electron chi connectivity index (χ3n) is 5.04. The van der Waals surface area contributed by atoms with Gasteiger partial charge < -0.3 is 14.7 Å². The summed E-state index contributed by atoms with van der Waals surface area (Å²) in [6, 6.07) is 1.59. The van der Waals surface area contributed by atoms with Crippen molar-refractivity contribution in [1.29, 1.82) is 0 Å². The minimum atomic E-state index is -3.38. The number of aliphatic imine (C=N–C) groups is 1. The first kappa shape index (κ1) is 23.7. The first-order valence-corrected chi connectivity index (χ1v) is 12.4. The molecule has 0 spiro atoms. The molecule has 0 aliphatic carbocycles. The molecule has 8 nitrogen and oxygen atoms in total. The summed E-state index contributed by atoms with van der Waals surface area (Å²) in [5.41, 5.74) is 0.440. The summed E-state index contributed by atoms with van der Waals surface area (Å²) in [6.07, 6.45) is 7.57. The van der Waals surface area contributed by atoms with Crippen LogP contribution in [0.4, 0.5) is 0 Å². The number of sulfonamides is 1. The predicted octanol–water partition coefficient (Wildman–Crippen LogP) is 2.69. The van der Waals surface area contributed by atoms with Gasteiger partial charge in [-0.25, -0.2) is 8.42 Å². The lowest BCUT2D eigenvalue weighted by molar-refractivity contribution is 0.259. The van der Waals surface area contributed by atoms with Gasteiger partial charge in [-0.3, -0.25) is 4.99 Å². The highest BCUT2D eigenvalue weighted by Gasteiger charge is 2.28. The molecule has 1 aliphatic rings. The molecule has 1 fully saturated rings. The topological polar surface area (TPSA) is 91.0 Å². The Balaban J connectivity index is 1.78. The second kappa shape index (κ2) is 12.2. The predicted molar refractivity (Wildman–Crippen MR) is 116 cm³/mol. The lowest BCUT2D eigenvalue weighted by Crippen LogP contribution is -2.53. The van der Waals surface area contributed by atoms with Gasteiger partial charge in [0.05, 0.1) is 5.69 Å². The van der Waals surface area contributed by atoms with E-state index < -0.39 is 10.0 Å². The summed E-state index contributed by atoms with van der Waals surface area (Å²) < 4.78 is 31.4. The van der Waals surface area contributed by atoms with Crippen molar-refractivity contribution in [3.63, 3.8) is 0 Å². The van der Waals surface area contributed by atoms with Crippen molar-refractivity contribution in [3.05, 3.63) is 18.0 Å². The summed E-state index contributed by atoms with van der Waals surface area (Å²) >= 11 is 0. The van der Waals surface area contributed by atoms with Gasteiger partial charge in [0.1, 0.15) is 12.0 Å². The van der Waals surface area contributed by atoms with Crippen LogP contribution in [0.5, 0.6) is 0 Å². The van der Waals surface area contributed by atoms with Gasteiger partial charge in [-0.05, 0) is 19.3 Å². The molecule has 0 bridgehead atoms. The fraction of sp³-hybridized carbons (Fsp3) is 0.800. The van der Waals surface area contributed by atoms with E-state index in [1.807, 2.05) is 0 Å². The van der Waals surface area contributed by atoms with Crippen molar-refractivity contribution in [1.82, 2.24) is 19.7 Å². The third-order valence-corrected chi connectivity index (χ3v) is 6.85. The SMILES string of the molecule is CCNC(=NCCCCCCC(C)C)N1CCN(S(=O)(=O)Cc2ccon2)CC1. The number of hydrogen-bond acceptors (Lipinski definition) is 5. The van der Waals surface area contributed by atoms with Crippen LogP contribution >= 0.6 is 0 Å². The monoisotopic (exact) mass is 427 g/mol. The zero-order chi connectivity index (χ0) is 21.1. The smallest absolute Gasteiger partial charge is 0.220 e. The molecular weight excluding hydrogens is 390 g/mol. The van der Waals surface area contributed by atoms with Crippen LogP contribution in [0.15, 0.2) is 21.8 Å². The Labute approximate surface area is 175 Å². The van der Waals surface area contributed by atoms with Crippen LogP contribution in [0.1, 0.15) is 58.6 Å². The Kier molecular flexibility index (Phi) is 9.93. The maximum absolute atomic E-state index is 12.6. The molecule has 1 saturated heterocycles. The van der Waals surface area contributed by atoms with E-state index in [2.05, 4.69) is 36.1 Å². The first-order valence-electron chi connectivity index (χ1n) is 10.8. The molecule has 1 aliphatic heterocycles. The minimum absolute atomic E-state index is 0.117. The van der Waals surface area contributed by atoms with Crippen molar-refractivity contribution in [2.45, 2.75) is 58.6 Å². The summed E-state index contributed by atoms with van der Waals surface area (Å²) in [5, 5.41) is 7.06. The number of nitrogens with one attached hydrogen (secondary N) is 1. The fourth-order valence-electron chi connectivity index (χ4n) is 3.40. The second-order valence-corrected chi connectivity index (χ2v) is 9.93. The minimum Gasteiger partial charge on any atom is -0.364 e. The maximum atomic E-state index is 12.6. The van der Waals surface area contributed by atoms with Crippen molar-refractivity contribution >= 4 is 16.0 Å². The molecule has 1 aromatic rings. The van der Waals surface area contributed by atoms with E-state index >= 15 is 0 Å². The highest BCUT2D eigenvalue weighted by molar-refractivity contribution is 7.88. The average molecular weight is 428 g/mol. The number of piperazine rings is 1. The Morgan fingerprint density at radius 3 is 2.55 bits per heavy atom. The van der Waals surface area contributed by atoms with Crippen LogP contribution in [0, 0.1) is 5.92 Å². The molecule has 0 aromatic carbocycles. The number of nitrogens with zero attached hydrogens (tertiary/aromatic N) is 4. The van der Waals surface area contributed by atoms with Crippen LogP contribution in [-0.4, -0.2) is 68.0 Å². The van der Waals surface area contributed by atoms with Crippen LogP contribution < -0.4 is 5.32 Å². The van der Waals surface area contributed by atoms with Crippen LogP contribution in [0.3, 0.4) is 0 Å². The van der Waals surface area contributed by atoms with E-state index in [0.717, 1.165) is 31.4 Å². The molecule has 0 saturated carbocycles. The van der Waals surface area contributed by atoms with Crippen LogP contribution in [-0.2, 0) is 15.8 Å². The van der Waals surface area contributed by atoms with Gasteiger partial charge in [0.15, 0.2) is 5.96 Å². The number of aromatic nitrogens is 1. The van der Waals surface area contributed by atoms with Crippen LogP contribution in [0.2, 0.25) is 0 Å². The van der Waals surface area contributed by atoms with Gasteiger partial charge in [0.25, 0.3) is 0 Å². The van der Waals surface area contributed by atoms with Gasteiger partial charge in [-0.2, -0.15) is 4.31 Å². The molecule has 0 unspecified atom stereocenters. The van der Waals surface area contributed by atoms with E-state index in [-0.39, 0.29) is 5.75 Å². The third kappa shape index (κ3) is 8.34. The standard InChI is InChI=1S/C20H37N5O3S/c1-4-21-20(22-11-8-6-5-7-9-18(2)3)24-12-14-25(15-13-24)29(26,27)17-19-10-16-28-23-19/h10,16,18H,4-9,11-15,17H2,1-3H3,(H,21,22). The molecule has 1 aromatic heterocycles. The van der Waals surface area contributed by atoms with Crippen molar-refractivity contribution in [2.75, 3.05) is 39.3 Å². The highest BCUT2D eigenvalue weighted by Crippen LogP contribution is 2.13. The normalized spacial score (nSPS) is 16.6. The summed E-state index contributed by atoms with van der Waals surface area (Å²) in [4.78, 5) is 6.92.